The molecule has 2 rings (SSSR count). The highest BCUT2D eigenvalue weighted by Crippen LogP contribution is 2.25. The fourth-order valence-electron chi connectivity index (χ4n) is 2.51. The number of hydrogen-bond donors (Lipinski definition) is 1. The molecule has 0 heterocycles. The fourth-order valence-corrected chi connectivity index (χ4v) is 3.48. The Morgan fingerprint density at radius 2 is 2.19 bits per heavy atom. The number of benzene rings is 1. The second kappa shape index (κ2) is 7.87. The number of nitrogens with zero attached hydrogens (tertiary/aromatic N) is 1. The lowest BCUT2D eigenvalue weighted by molar-refractivity contribution is 0.402. The minimum Gasteiger partial charge on any atom is -0.297 e. The van der Waals surface area contributed by atoms with Crippen LogP contribution in [0.5, 0.6) is 0 Å². The molecule has 0 saturated heterocycles. The second-order valence-corrected chi connectivity index (χ2v) is 7.47. The molecular weight excluding hydrogens is 276 g/mol. The zero-order valence-electron chi connectivity index (χ0n) is 13.2. The molecule has 0 bridgehead atoms. The van der Waals surface area contributed by atoms with Gasteiger partial charge in [0.2, 0.25) is 0 Å². The van der Waals surface area contributed by atoms with E-state index in [1.54, 1.807) is 0 Å². The summed E-state index contributed by atoms with van der Waals surface area (Å²) in [6.07, 6.45) is 5.77. The molecule has 0 radical (unpaired) electrons. The Bertz CT molecular complexity index is 490. The molecule has 1 aliphatic rings. The minimum atomic E-state index is -0.317. The van der Waals surface area contributed by atoms with Crippen LogP contribution in [0.15, 0.2) is 24.3 Å². The fraction of sp³-hybridized carbons (Fsp3) is 0.611. The van der Waals surface area contributed by atoms with Crippen LogP contribution in [0.4, 0.5) is 0 Å². The predicted octanol–water partition coefficient (Wildman–Crippen LogP) is 4.43. The van der Waals surface area contributed by atoms with Crippen molar-refractivity contribution in [3.63, 3.8) is 0 Å². The Labute approximate surface area is 133 Å². The third kappa shape index (κ3) is 6.11. The number of thioether (sulfide) groups is 1. The van der Waals surface area contributed by atoms with E-state index >= 15 is 0 Å². The number of hydrogen-bond acceptors (Lipinski definition) is 3. The first-order chi connectivity index (χ1) is 10.1. The van der Waals surface area contributed by atoms with E-state index in [1.807, 2.05) is 18.7 Å². The van der Waals surface area contributed by atoms with Crippen molar-refractivity contribution in [3.8, 4) is 6.07 Å². The van der Waals surface area contributed by atoms with Crippen molar-refractivity contribution < 1.29 is 0 Å². The zero-order chi connectivity index (χ0) is 15.1. The Balaban J connectivity index is 1.58. The van der Waals surface area contributed by atoms with Crippen molar-refractivity contribution in [2.75, 3.05) is 5.75 Å². The zero-order valence-corrected chi connectivity index (χ0v) is 14.0. The maximum atomic E-state index is 9.32. The lowest BCUT2D eigenvalue weighted by Crippen LogP contribution is -2.42. The molecule has 2 nitrogen and oxygen atoms in total. The molecule has 0 aromatic heterocycles. The Kier molecular flexibility index (Phi) is 6.14. The normalized spacial score (nSPS) is 17.2. The van der Waals surface area contributed by atoms with Gasteiger partial charge in [-0.2, -0.15) is 17.0 Å². The Morgan fingerprint density at radius 3 is 2.86 bits per heavy atom. The molecular formula is C18H26N2S. The highest BCUT2D eigenvalue weighted by Gasteiger charge is 2.31. The van der Waals surface area contributed by atoms with Gasteiger partial charge in [-0.1, -0.05) is 29.8 Å². The van der Waals surface area contributed by atoms with Crippen molar-refractivity contribution in [3.05, 3.63) is 35.4 Å². The molecule has 1 unspecified atom stereocenters. The summed E-state index contributed by atoms with van der Waals surface area (Å²) in [6, 6.07) is 11.8. The predicted molar refractivity (Wildman–Crippen MR) is 91.4 cm³/mol. The summed E-state index contributed by atoms with van der Waals surface area (Å²) in [5, 5.41) is 12.8. The quantitative estimate of drug-likeness (QED) is 0.685. The van der Waals surface area contributed by atoms with Crippen LogP contribution in [0.1, 0.15) is 50.2 Å². The van der Waals surface area contributed by atoms with Crippen molar-refractivity contribution in [2.45, 2.75) is 63.3 Å². The largest absolute Gasteiger partial charge is 0.297 e. The van der Waals surface area contributed by atoms with Gasteiger partial charge in [-0.15, -0.1) is 0 Å². The van der Waals surface area contributed by atoms with Gasteiger partial charge < -0.3 is 0 Å². The maximum absolute atomic E-state index is 9.32. The summed E-state index contributed by atoms with van der Waals surface area (Å²) in [7, 11) is 0. The molecule has 1 fully saturated rings. The molecule has 1 aromatic rings. The van der Waals surface area contributed by atoms with Crippen LogP contribution in [0.3, 0.4) is 0 Å². The SMILES string of the molecule is Cc1cccc(CSCCCCC(C)(C#N)NC2CC2)c1. The molecule has 1 N–H and O–H groups in total. The summed E-state index contributed by atoms with van der Waals surface area (Å²) in [5.41, 5.74) is 2.43. The van der Waals surface area contributed by atoms with Crippen LogP contribution in [0.25, 0.3) is 0 Å². The number of nitriles is 1. The molecule has 3 heteroatoms. The average Bonchev–Trinajstić information content (AvgIpc) is 3.26. The average molecular weight is 302 g/mol. The van der Waals surface area contributed by atoms with E-state index in [4.69, 9.17) is 0 Å². The summed E-state index contributed by atoms with van der Waals surface area (Å²) in [4.78, 5) is 0. The first-order valence-electron chi connectivity index (χ1n) is 7.93. The van der Waals surface area contributed by atoms with Gasteiger partial charge in [0.05, 0.1) is 6.07 Å². The maximum Gasteiger partial charge on any atom is 0.104 e. The molecule has 0 aliphatic heterocycles. The number of aryl methyl sites for hydroxylation is 1. The third-order valence-electron chi connectivity index (χ3n) is 3.91. The van der Waals surface area contributed by atoms with Gasteiger partial charge in [0.25, 0.3) is 0 Å². The smallest absolute Gasteiger partial charge is 0.104 e. The van der Waals surface area contributed by atoms with Crippen molar-refractivity contribution in [2.24, 2.45) is 0 Å². The van der Waals surface area contributed by atoms with E-state index in [2.05, 4.69) is 42.6 Å². The molecule has 1 aromatic carbocycles. The summed E-state index contributed by atoms with van der Waals surface area (Å²) < 4.78 is 0. The topological polar surface area (TPSA) is 35.8 Å². The number of nitrogens with one attached hydrogen (secondary N) is 1. The van der Waals surface area contributed by atoms with Crippen molar-refractivity contribution >= 4 is 11.8 Å². The second-order valence-electron chi connectivity index (χ2n) is 6.36. The highest BCUT2D eigenvalue weighted by molar-refractivity contribution is 7.98. The Hall–Kier alpha value is -0.980. The van der Waals surface area contributed by atoms with Crippen LogP contribution >= 0.6 is 11.8 Å². The van der Waals surface area contributed by atoms with Gasteiger partial charge in [0.1, 0.15) is 5.54 Å². The van der Waals surface area contributed by atoms with Crippen LogP contribution in [-0.2, 0) is 5.75 Å². The van der Waals surface area contributed by atoms with E-state index in [0.717, 1.165) is 18.6 Å². The standard InChI is InChI=1S/C18H26N2S/c1-15-6-5-7-16(12-15)13-21-11-4-3-10-18(2,14-19)20-17-8-9-17/h5-7,12,17,20H,3-4,8-11,13H2,1-2H3. The first kappa shape index (κ1) is 16.4. The van der Waals surface area contributed by atoms with Gasteiger partial charge in [0.15, 0.2) is 0 Å². The molecule has 0 spiro atoms. The molecule has 0 amide bonds. The van der Waals surface area contributed by atoms with Crippen molar-refractivity contribution in [1.29, 1.82) is 5.26 Å². The van der Waals surface area contributed by atoms with E-state index in [1.165, 1.54) is 36.1 Å². The lowest BCUT2D eigenvalue weighted by atomic mass is 9.96. The Morgan fingerprint density at radius 1 is 1.38 bits per heavy atom. The van der Waals surface area contributed by atoms with Crippen molar-refractivity contribution in [1.82, 2.24) is 5.32 Å². The van der Waals surface area contributed by atoms with E-state index < -0.39 is 0 Å². The van der Waals surface area contributed by atoms with Gasteiger partial charge in [-0.05, 0) is 57.3 Å². The molecule has 1 atom stereocenters. The van der Waals surface area contributed by atoms with Gasteiger partial charge in [-0.3, -0.25) is 5.32 Å². The van der Waals surface area contributed by atoms with E-state index in [9.17, 15) is 5.26 Å². The number of unbranched alkanes of at least 4 members (excludes halogenated alkanes) is 1. The van der Waals surface area contributed by atoms with Gasteiger partial charge in [-0.25, -0.2) is 0 Å². The van der Waals surface area contributed by atoms with Crippen LogP contribution in [0, 0.1) is 18.3 Å². The first-order valence-corrected chi connectivity index (χ1v) is 9.09. The molecule has 21 heavy (non-hydrogen) atoms. The molecule has 114 valence electrons. The summed E-state index contributed by atoms with van der Waals surface area (Å²) >= 11 is 2.00. The lowest BCUT2D eigenvalue weighted by Gasteiger charge is -2.23. The molecule has 1 aliphatic carbocycles. The highest BCUT2D eigenvalue weighted by atomic mass is 32.2. The summed E-state index contributed by atoms with van der Waals surface area (Å²) in [5.74, 6) is 2.27. The van der Waals surface area contributed by atoms with E-state index in [-0.39, 0.29) is 5.54 Å². The van der Waals surface area contributed by atoms with Crippen LogP contribution in [0.2, 0.25) is 0 Å². The number of rotatable bonds is 9. The summed E-state index contributed by atoms with van der Waals surface area (Å²) in [6.45, 7) is 4.19. The monoisotopic (exact) mass is 302 g/mol. The third-order valence-corrected chi connectivity index (χ3v) is 5.03. The van der Waals surface area contributed by atoms with Crippen LogP contribution in [-0.4, -0.2) is 17.3 Å². The van der Waals surface area contributed by atoms with Gasteiger partial charge >= 0.3 is 0 Å². The van der Waals surface area contributed by atoms with Crippen LogP contribution < -0.4 is 5.32 Å². The minimum absolute atomic E-state index is 0.317. The van der Waals surface area contributed by atoms with E-state index in [0.29, 0.717) is 6.04 Å². The van der Waals surface area contributed by atoms with Gasteiger partial charge in [0, 0.05) is 11.8 Å². The molecule has 1 saturated carbocycles.